The maximum Gasteiger partial charge on any atom is 0.250 e. The van der Waals surface area contributed by atoms with Gasteiger partial charge in [-0.15, -0.1) is 0 Å². The van der Waals surface area contributed by atoms with Crippen LogP contribution in [0.5, 0.6) is 0 Å². The summed E-state index contributed by atoms with van der Waals surface area (Å²) in [6.45, 7) is 5.05. The Bertz CT molecular complexity index is 728. The molecule has 5 atom stereocenters. The van der Waals surface area contributed by atoms with Gasteiger partial charge >= 0.3 is 0 Å². The van der Waals surface area contributed by atoms with E-state index in [0.29, 0.717) is 25.0 Å². The molecule has 1 N–H and O–H groups in total. The maximum absolute atomic E-state index is 13.0. The molecule has 2 aliphatic carbocycles. The Morgan fingerprint density at radius 1 is 1.25 bits per heavy atom. The summed E-state index contributed by atoms with van der Waals surface area (Å²) in [5.74, 6) is 1.07. The molecule has 1 aliphatic heterocycles. The molecule has 4 rings (SSSR count). The molecular formula is C26H40N2O4. The quantitative estimate of drug-likeness (QED) is 0.681. The van der Waals surface area contributed by atoms with Gasteiger partial charge in [0.25, 0.3) is 5.91 Å². The SMILES string of the molecule is CCC1(C=O)CC2CCC(NC(=O)C3CN(Cc4ccccc4)CCO3)C(C2)C1.COC. The monoisotopic (exact) mass is 444 g/mol. The lowest BCUT2D eigenvalue weighted by Gasteiger charge is -2.48. The largest absolute Gasteiger partial charge is 0.388 e. The van der Waals surface area contributed by atoms with Crippen LogP contribution in [0.3, 0.4) is 0 Å². The summed E-state index contributed by atoms with van der Waals surface area (Å²) in [6.07, 6.45) is 6.93. The molecule has 3 fully saturated rings. The van der Waals surface area contributed by atoms with Crippen LogP contribution in [0.1, 0.15) is 51.0 Å². The summed E-state index contributed by atoms with van der Waals surface area (Å²) in [5, 5.41) is 3.31. The highest BCUT2D eigenvalue weighted by atomic mass is 16.5. The molecule has 6 nitrogen and oxygen atoms in total. The average molecular weight is 445 g/mol. The molecule has 5 unspecified atom stereocenters. The number of carbonyl (C=O) groups is 2. The van der Waals surface area contributed by atoms with Gasteiger partial charge in [0.2, 0.25) is 0 Å². The van der Waals surface area contributed by atoms with Crippen LogP contribution in [0.25, 0.3) is 0 Å². The molecule has 3 aliphatic rings. The second-order valence-corrected chi connectivity index (χ2v) is 9.78. The molecule has 0 aromatic heterocycles. The molecule has 1 aromatic carbocycles. The molecule has 1 amide bonds. The minimum absolute atomic E-state index is 0.0185. The summed E-state index contributed by atoms with van der Waals surface area (Å²) >= 11 is 0. The maximum atomic E-state index is 13.0. The van der Waals surface area contributed by atoms with Crippen LogP contribution in [0.4, 0.5) is 0 Å². The second kappa shape index (κ2) is 11.9. The number of nitrogens with zero attached hydrogens (tertiary/aromatic N) is 1. The number of rotatable bonds is 6. The lowest BCUT2D eigenvalue weighted by atomic mass is 9.59. The number of fused-ring (bicyclic) bond motifs is 2. The van der Waals surface area contributed by atoms with Crippen molar-refractivity contribution >= 4 is 12.2 Å². The van der Waals surface area contributed by atoms with Gasteiger partial charge < -0.3 is 19.6 Å². The van der Waals surface area contributed by atoms with Crippen LogP contribution >= 0.6 is 0 Å². The Morgan fingerprint density at radius 3 is 2.69 bits per heavy atom. The fraction of sp³-hybridized carbons (Fsp3) is 0.692. The van der Waals surface area contributed by atoms with Crippen LogP contribution in [0.15, 0.2) is 30.3 Å². The lowest BCUT2D eigenvalue weighted by Crippen LogP contribution is -2.55. The smallest absolute Gasteiger partial charge is 0.250 e. The van der Waals surface area contributed by atoms with Crippen molar-refractivity contribution in [3.05, 3.63) is 35.9 Å². The third-order valence-corrected chi connectivity index (χ3v) is 7.43. The van der Waals surface area contributed by atoms with Gasteiger partial charge in [0.05, 0.1) is 6.61 Å². The minimum Gasteiger partial charge on any atom is -0.388 e. The van der Waals surface area contributed by atoms with Crippen molar-refractivity contribution in [2.75, 3.05) is 33.9 Å². The summed E-state index contributed by atoms with van der Waals surface area (Å²) in [4.78, 5) is 27.1. The third kappa shape index (κ3) is 6.40. The third-order valence-electron chi connectivity index (χ3n) is 7.43. The number of morpholine rings is 1. The number of methoxy groups -OCH3 is 1. The summed E-state index contributed by atoms with van der Waals surface area (Å²) in [6, 6.07) is 10.6. The van der Waals surface area contributed by atoms with E-state index in [9.17, 15) is 9.59 Å². The van der Waals surface area contributed by atoms with Crippen molar-refractivity contribution in [1.29, 1.82) is 0 Å². The average Bonchev–Trinajstić information content (AvgIpc) is 2.82. The van der Waals surface area contributed by atoms with Crippen molar-refractivity contribution in [3.8, 4) is 0 Å². The van der Waals surface area contributed by atoms with Crippen LogP contribution in [-0.4, -0.2) is 63.2 Å². The first kappa shape index (κ1) is 24.9. The van der Waals surface area contributed by atoms with Crippen molar-refractivity contribution in [2.45, 2.75) is 64.1 Å². The molecule has 1 aromatic rings. The highest BCUT2D eigenvalue weighted by Crippen LogP contribution is 2.49. The fourth-order valence-electron chi connectivity index (χ4n) is 5.73. The van der Waals surface area contributed by atoms with Gasteiger partial charge in [0, 0.05) is 45.3 Å². The number of aldehydes is 1. The van der Waals surface area contributed by atoms with E-state index in [0.717, 1.165) is 51.6 Å². The van der Waals surface area contributed by atoms with Crippen LogP contribution in [0.2, 0.25) is 0 Å². The Kier molecular flexibility index (Phi) is 9.26. The zero-order chi connectivity index (χ0) is 23.0. The van der Waals surface area contributed by atoms with E-state index in [-0.39, 0.29) is 17.4 Å². The zero-order valence-electron chi connectivity index (χ0n) is 19.9. The molecule has 6 heteroatoms. The lowest BCUT2D eigenvalue weighted by molar-refractivity contribution is -0.141. The predicted octanol–water partition coefficient (Wildman–Crippen LogP) is 3.44. The zero-order valence-corrected chi connectivity index (χ0v) is 19.9. The van der Waals surface area contributed by atoms with Gasteiger partial charge in [-0.1, -0.05) is 37.3 Å². The molecule has 1 heterocycles. The Hall–Kier alpha value is -1.76. The summed E-state index contributed by atoms with van der Waals surface area (Å²) in [5.41, 5.74) is 1.09. The molecule has 2 bridgehead atoms. The van der Waals surface area contributed by atoms with E-state index in [1.165, 1.54) is 11.8 Å². The van der Waals surface area contributed by atoms with Crippen LogP contribution in [-0.2, 0) is 25.6 Å². The van der Waals surface area contributed by atoms with E-state index in [2.05, 4.69) is 46.1 Å². The van der Waals surface area contributed by atoms with Crippen molar-refractivity contribution in [1.82, 2.24) is 10.2 Å². The first-order valence-electron chi connectivity index (χ1n) is 12.1. The number of carbonyl (C=O) groups excluding carboxylic acids is 2. The summed E-state index contributed by atoms with van der Waals surface area (Å²) < 4.78 is 10.1. The molecule has 0 spiro atoms. The molecule has 178 valence electrons. The fourth-order valence-corrected chi connectivity index (χ4v) is 5.73. The van der Waals surface area contributed by atoms with Gasteiger partial charge in [-0.3, -0.25) is 9.69 Å². The van der Waals surface area contributed by atoms with Gasteiger partial charge in [-0.2, -0.15) is 0 Å². The highest BCUT2D eigenvalue weighted by Gasteiger charge is 2.45. The molecule has 0 radical (unpaired) electrons. The van der Waals surface area contributed by atoms with Crippen molar-refractivity contribution < 1.29 is 19.1 Å². The van der Waals surface area contributed by atoms with E-state index in [4.69, 9.17) is 4.74 Å². The number of benzene rings is 1. The van der Waals surface area contributed by atoms with E-state index >= 15 is 0 Å². The number of hydrogen-bond donors (Lipinski definition) is 1. The minimum atomic E-state index is -0.407. The van der Waals surface area contributed by atoms with Gasteiger partial charge in [0.15, 0.2) is 0 Å². The highest BCUT2D eigenvalue weighted by molar-refractivity contribution is 5.81. The van der Waals surface area contributed by atoms with Gasteiger partial charge in [-0.05, 0) is 55.9 Å². The molecule has 2 saturated carbocycles. The van der Waals surface area contributed by atoms with E-state index in [1.54, 1.807) is 14.2 Å². The van der Waals surface area contributed by atoms with Crippen molar-refractivity contribution in [2.24, 2.45) is 17.3 Å². The molecule has 32 heavy (non-hydrogen) atoms. The number of hydrogen-bond acceptors (Lipinski definition) is 5. The van der Waals surface area contributed by atoms with Gasteiger partial charge in [-0.25, -0.2) is 0 Å². The Labute approximate surface area is 193 Å². The van der Waals surface area contributed by atoms with E-state index in [1.807, 2.05) is 6.07 Å². The normalized spacial score (nSPS) is 32.3. The summed E-state index contributed by atoms with van der Waals surface area (Å²) in [7, 11) is 3.25. The van der Waals surface area contributed by atoms with E-state index < -0.39 is 6.10 Å². The van der Waals surface area contributed by atoms with Gasteiger partial charge in [0.1, 0.15) is 12.4 Å². The Morgan fingerprint density at radius 2 is 2.00 bits per heavy atom. The van der Waals surface area contributed by atoms with Crippen molar-refractivity contribution in [3.63, 3.8) is 0 Å². The van der Waals surface area contributed by atoms with Crippen LogP contribution in [0, 0.1) is 17.3 Å². The molecule has 1 saturated heterocycles. The topological polar surface area (TPSA) is 67.9 Å². The first-order valence-corrected chi connectivity index (χ1v) is 12.1. The predicted molar refractivity (Wildman–Crippen MR) is 125 cm³/mol. The Balaban J connectivity index is 0.000000913. The van der Waals surface area contributed by atoms with Crippen LogP contribution < -0.4 is 5.32 Å². The standard InChI is InChI=1S/C24H34N2O3.C2H6O/c1-2-24(17-27)13-19-8-9-21(20(12-19)14-24)25-23(28)22-16-26(10-11-29-22)15-18-6-4-3-5-7-18;1-3-2/h3-7,17,19-22H,2,8-16H2,1H3,(H,25,28);1-2H3. The number of nitrogens with one attached hydrogen (secondary N) is 1. The first-order chi connectivity index (χ1) is 15.5. The molecular weight excluding hydrogens is 404 g/mol. The second-order valence-electron chi connectivity index (χ2n) is 9.78. The number of ether oxygens (including phenoxy) is 2. The number of amides is 1.